The Morgan fingerprint density at radius 3 is 2.78 bits per heavy atom. The third-order valence-corrected chi connectivity index (χ3v) is 2.66. The highest BCUT2D eigenvalue weighted by atomic mass is 16.4. The first kappa shape index (κ1) is 12.4. The summed E-state index contributed by atoms with van der Waals surface area (Å²) in [6.45, 7) is 1.64. The highest BCUT2D eigenvalue weighted by molar-refractivity contribution is 5.94. The Bertz CT molecular complexity index is 456. The third-order valence-electron chi connectivity index (χ3n) is 2.66. The van der Waals surface area contributed by atoms with Crippen molar-refractivity contribution in [3.63, 3.8) is 0 Å². The first-order chi connectivity index (χ1) is 8.65. The van der Waals surface area contributed by atoms with Gasteiger partial charge < -0.3 is 21.5 Å². The Labute approximate surface area is 105 Å². The highest BCUT2D eigenvalue weighted by Crippen LogP contribution is 2.11. The van der Waals surface area contributed by atoms with E-state index in [1.54, 1.807) is 0 Å². The van der Waals surface area contributed by atoms with E-state index in [0.717, 1.165) is 30.3 Å². The first-order valence-electron chi connectivity index (χ1n) is 5.78. The van der Waals surface area contributed by atoms with Crippen LogP contribution in [0.1, 0.15) is 5.56 Å². The van der Waals surface area contributed by atoms with Crippen LogP contribution < -0.4 is 16.4 Å². The number of benzene rings is 1. The molecule has 18 heavy (non-hydrogen) atoms. The van der Waals surface area contributed by atoms with E-state index in [1.807, 2.05) is 24.3 Å². The molecule has 0 aromatic heterocycles. The normalized spacial score (nSPS) is 15.7. The van der Waals surface area contributed by atoms with E-state index < -0.39 is 12.0 Å². The molecule has 96 valence electrons. The van der Waals surface area contributed by atoms with Gasteiger partial charge in [0.15, 0.2) is 5.96 Å². The van der Waals surface area contributed by atoms with E-state index in [4.69, 9.17) is 10.8 Å². The number of aliphatic carboxylic acids is 1. The minimum Gasteiger partial charge on any atom is -0.480 e. The predicted molar refractivity (Wildman–Crippen MR) is 69.7 cm³/mol. The number of carboxylic acids is 1. The monoisotopic (exact) mass is 248 g/mol. The second-order valence-corrected chi connectivity index (χ2v) is 4.13. The molecule has 0 saturated carbocycles. The first-order valence-corrected chi connectivity index (χ1v) is 5.78. The van der Waals surface area contributed by atoms with Crippen LogP contribution in [-0.2, 0) is 11.2 Å². The summed E-state index contributed by atoms with van der Waals surface area (Å²) >= 11 is 0. The molecular weight excluding hydrogens is 232 g/mol. The van der Waals surface area contributed by atoms with Gasteiger partial charge in [-0.15, -0.1) is 0 Å². The number of rotatable bonds is 4. The summed E-state index contributed by atoms with van der Waals surface area (Å²) in [4.78, 5) is 14.9. The molecule has 1 aromatic carbocycles. The van der Waals surface area contributed by atoms with Crippen LogP contribution in [0.5, 0.6) is 0 Å². The van der Waals surface area contributed by atoms with E-state index >= 15 is 0 Å². The van der Waals surface area contributed by atoms with Crippen molar-refractivity contribution in [3.05, 3.63) is 29.8 Å². The number of anilines is 1. The van der Waals surface area contributed by atoms with Gasteiger partial charge in [-0.2, -0.15) is 0 Å². The average Bonchev–Trinajstić information content (AvgIpc) is 2.84. The lowest BCUT2D eigenvalue weighted by molar-refractivity contribution is -0.138. The maximum absolute atomic E-state index is 10.6. The average molecular weight is 248 g/mol. The molecule has 1 unspecified atom stereocenters. The van der Waals surface area contributed by atoms with E-state index in [1.165, 1.54) is 0 Å². The Hall–Kier alpha value is -2.08. The van der Waals surface area contributed by atoms with Gasteiger partial charge in [0.2, 0.25) is 0 Å². The smallest absolute Gasteiger partial charge is 0.320 e. The van der Waals surface area contributed by atoms with E-state index in [2.05, 4.69) is 15.6 Å². The van der Waals surface area contributed by atoms with E-state index in [9.17, 15) is 4.79 Å². The van der Waals surface area contributed by atoms with E-state index in [0.29, 0.717) is 6.42 Å². The maximum atomic E-state index is 10.6. The van der Waals surface area contributed by atoms with Gasteiger partial charge in [-0.1, -0.05) is 12.1 Å². The number of carboxylic acid groups (broad SMARTS) is 1. The predicted octanol–water partition coefficient (Wildman–Crippen LogP) is 0.0121. The summed E-state index contributed by atoms with van der Waals surface area (Å²) in [6, 6.07) is 6.63. The van der Waals surface area contributed by atoms with Crippen molar-refractivity contribution in [3.8, 4) is 0 Å². The molecule has 0 fully saturated rings. The second kappa shape index (κ2) is 5.50. The fraction of sp³-hybridized carbons (Fsp3) is 0.333. The van der Waals surface area contributed by atoms with Crippen LogP contribution in [-0.4, -0.2) is 36.2 Å². The number of guanidine groups is 1. The maximum Gasteiger partial charge on any atom is 0.320 e. The minimum absolute atomic E-state index is 0.328. The zero-order chi connectivity index (χ0) is 13.0. The van der Waals surface area contributed by atoms with Gasteiger partial charge in [-0.25, -0.2) is 0 Å². The van der Waals surface area contributed by atoms with Gasteiger partial charge in [-0.05, 0) is 24.1 Å². The molecule has 0 bridgehead atoms. The van der Waals surface area contributed by atoms with Crippen molar-refractivity contribution in [1.82, 2.24) is 5.32 Å². The number of nitrogens with two attached hydrogens (primary N) is 1. The molecule has 1 heterocycles. The second-order valence-electron chi connectivity index (χ2n) is 4.13. The van der Waals surface area contributed by atoms with Crippen LogP contribution >= 0.6 is 0 Å². The molecule has 1 atom stereocenters. The quantitative estimate of drug-likeness (QED) is 0.601. The van der Waals surface area contributed by atoms with Crippen LogP contribution in [0.15, 0.2) is 29.3 Å². The molecular formula is C12H16N4O2. The molecule has 0 amide bonds. The number of hydrogen-bond donors (Lipinski definition) is 4. The van der Waals surface area contributed by atoms with Gasteiger partial charge >= 0.3 is 5.97 Å². The van der Waals surface area contributed by atoms with Crippen molar-refractivity contribution in [2.45, 2.75) is 12.5 Å². The number of aliphatic imine (C=N–C) groups is 1. The SMILES string of the molecule is NC(Cc1ccc(NC2=NCCN2)cc1)C(=O)O. The van der Waals surface area contributed by atoms with Crippen LogP contribution in [0.3, 0.4) is 0 Å². The third kappa shape index (κ3) is 3.21. The van der Waals surface area contributed by atoms with Crippen LogP contribution in [0.4, 0.5) is 5.69 Å². The van der Waals surface area contributed by atoms with Gasteiger partial charge in [0.25, 0.3) is 0 Å². The van der Waals surface area contributed by atoms with Gasteiger partial charge in [0.1, 0.15) is 6.04 Å². The van der Waals surface area contributed by atoms with Crippen LogP contribution in [0, 0.1) is 0 Å². The number of carbonyl (C=O) groups is 1. The largest absolute Gasteiger partial charge is 0.480 e. The van der Waals surface area contributed by atoms with Crippen molar-refractivity contribution in [2.24, 2.45) is 10.7 Å². The summed E-state index contributed by atoms with van der Waals surface area (Å²) in [5.74, 6) is -0.216. The van der Waals surface area contributed by atoms with Crippen molar-refractivity contribution in [2.75, 3.05) is 18.4 Å². The molecule has 0 saturated heterocycles. The lowest BCUT2D eigenvalue weighted by Crippen LogP contribution is -2.32. The standard InChI is InChI=1S/C12H16N4O2/c13-10(11(17)18)7-8-1-3-9(4-2-8)16-12-14-5-6-15-12/h1-4,10H,5-7,13H2,(H,17,18)(H2,14,15,16). The molecule has 6 heteroatoms. The number of hydrogen-bond acceptors (Lipinski definition) is 5. The number of nitrogens with one attached hydrogen (secondary N) is 2. The molecule has 1 aliphatic rings. The Balaban J connectivity index is 1.94. The van der Waals surface area contributed by atoms with Crippen molar-refractivity contribution < 1.29 is 9.90 Å². The summed E-state index contributed by atoms with van der Waals surface area (Å²) in [5.41, 5.74) is 7.29. The van der Waals surface area contributed by atoms with E-state index in [-0.39, 0.29) is 0 Å². The molecule has 2 rings (SSSR count). The zero-order valence-corrected chi connectivity index (χ0v) is 9.89. The summed E-state index contributed by atoms with van der Waals surface area (Å²) < 4.78 is 0. The molecule has 0 radical (unpaired) electrons. The Morgan fingerprint density at radius 2 is 2.22 bits per heavy atom. The molecule has 0 spiro atoms. The highest BCUT2D eigenvalue weighted by Gasteiger charge is 2.12. The van der Waals surface area contributed by atoms with Gasteiger partial charge in [0, 0.05) is 12.2 Å². The summed E-state index contributed by atoms with van der Waals surface area (Å²) in [7, 11) is 0. The molecule has 6 nitrogen and oxygen atoms in total. The molecule has 1 aromatic rings. The Morgan fingerprint density at radius 1 is 1.50 bits per heavy atom. The molecule has 1 aliphatic heterocycles. The van der Waals surface area contributed by atoms with Gasteiger partial charge in [-0.3, -0.25) is 9.79 Å². The van der Waals surface area contributed by atoms with Crippen molar-refractivity contribution >= 4 is 17.6 Å². The topological polar surface area (TPSA) is 99.7 Å². The van der Waals surface area contributed by atoms with Crippen LogP contribution in [0.2, 0.25) is 0 Å². The summed E-state index contributed by atoms with van der Waals surface area (Å²) in [5, 5.41) is 15.0. The van der Waals surface area contributed by atoms with Crippen molar-refractivity contribution in [1.29, 1.82) is 0 Å². The summed E-state index contributed by atoms with van der Waals surface area (Å²) in [6.07, 6.45) is 0.328. The number of nitrogens with zero attached hydrogens (tertiary/aromatic N) is 1. The molecule has 5 N–H and O–H groups in total. The fourth-order valence-corrected chi connectivity index (χ4v) is 1.68. The van der Waals surface area contributed by atoms with Gasteiger partial charge in [0.05, 0.1) is 6.54 Å². The lowest BCUT2D eigenvalue weighted by Gasteiger charge is -2.09. The Kier molecular flexibility index (Phi) is 3.78. The van der Waals surface area contributed by atoms with Crippen LogP contribution in [0.25, 0.3) is 0 Å². The zero-order valence-electron chi connectivity index (χ0n) is 9.89. The minimum atomic E-state index is -0.985. The molecule has 0 aliphatic carbocycles. The lowest BCUT2D eigenvalue weighted by atomic mass is 10.1. The fourth-order valence-electron chi connectivity index (χ4n) is 1.68.